The third-order valence-corrected chi connectivity index (χ3v) is 8.93. The molecule has 0 fully saturated rings. The molecule has 0 saturated carbocycles. The van der Waals surface area contributed by atoms with E-state index in [0.29, 0.717) is 26.3 Å². The summed E-state index contributed by atoms with van der Waals surface area (Å²) in [4.78, 5) is 0. The van der Waals surface area contributed by atoms with Crippen molar-refractivity contribution in [2.45, 2.75) is 25.7 Å². The summed E-state index contributed by atoms with van der Waals surface area (Å²) >= 11 is 0. The van der Waals surface area contributed by atoms with Crippen LogP contribution >= 0.6 is 0 Å². The summed E-state index contributed by atoms with van der Waals surface area (Å²) in [5.41, 5.74) is 11.0. The highest BCUT2D eigenvalue weighted by Gasteiger charge is 2.54. The van der Waals surface area contributed by atoms with E-state index >= 15 is 0 Å². The van der Waals surface area contributed by atoms with Crippen molar-refractivity contribution in [2.24, 2.45) is 11.5 Å². The molecule has 0 spiro atoms. The normalized spacial score (nSPS) is 12.8. The van der Waals surface area contributed by atoms with Gasteiger partial charge < -0.3 is 38.0 Å². The standard InChI is InChI=1S/C12H33N3O6Si2/c1-16-22(17-2,20-11-7-5-9-13)15-23(18-3,19-4)21-12-8-6-10-14/h15H,5-14H2,1-4H3. The first-order valence-electron chi connectivity index (χ1n) is 7.75. The van der Waals surface area contributed by atoms with Gasteiger partial charge >= 0.3 is 17.9 Å². The lowest BCUT2D eigenvalue weighted by molar-refractivity contribution is 0.0545. The Kier molecular flexibility index (Phi) is 13.4. The van der Waals surface area contributed by atoms with Gasteiger partial charge in [0.15, 0.2) is 0 Å². The van der Waals surface area contributed by atoms with E-state index in [-0.39, 0.29) is 0 Å². The first kappa shape index (κ1) is 23.1. The van der Waals surface area contributed by atoms with E-state index in [1.807, 2.05) is 0 Å². The number of hydrogen-bond acceptors (Lipinski definition) is 9. The fourth-order valence-electron chi connectivity index (χ4n) is 1.77. The van der Waals surface area contributed by atoms with Crippen molar-refractivity contribution >= 4 is 17.9 Å². The Hall–Kier alpha value is 0.0738. The van der Waals surface area contributed by atoms with Crippen LogP contribution in [0.4, 0.5) is 0 Å². The monoisotopic (exact) mass is 371 g/mol. The lowest BCUT2D eigenvalue weighted by atomic mass is 10.3. The molecule has 0 aromatic heterocycles. The van der Waals surface area contributed by atoms with Crippen LogP contribution < -0.4 is 16.1 Å². The first-order chi connectivity index (χ1) is 11.1. The fraction of sp³-hybridized carbons (Fsp3) is 1.00. The second-order valence-electron chi connectivity index (χ2n) is 4.74. The first-order valence-corrected chi connectivity index (χ1v) is 11.2. The Balaban J connectivity index is 4.77. The van der Waals surface area contributed by atoms with Gasteiger partial charge in [0.05, 0.1) is 0 Å². The Morgan fingerprint density at radius 3 is 1.26 bits per heavy atom. The van der Waals surface area contributed by atoms with Gasteiger partial charge in [0.25, 0.3) is 0 Å². The molecule has 0 radical (unpaired) electrons. The molecule has 0 rings (SSSR count). The molecule has 23 heavy (non-hydrogen) atoms. The van der Waals surface area contributed by atoms with Crippen LogP contribution in [0.2, 0.25) is 0 Å². The van der Waals surface area contributed by atoms with Gasteiger partial charge in [0, 0.05) is 41.7 Å². The number of hydrogen-bond donors (Lipinski definition) is 3. The van der Waals surface area contributed by atoms with E-state index < -0.39 is 17.9 Å². The number of unbranched alkanes of at least 4 members (excludes halogenated alkanes) is 2. The average Bonchev–Trinajstić information content (AvgIpc) is 2.60. The minimum absolute atomic E-state index is 0.461. The van der Waals surface area contributed by atoms with E-state index in [4.69, 9.17) is 38.0 Å². The molecule has 0 bridgehead atoms. The highest BCUT2D eigenvalue weighted by Crippen LogP contribution is 2.13. The summed E-state index contributed by atoms with van der Waals surface area (Å²) in [6.07, 6.45) is 3.35. The lowest BCUT2D eigenvalue weighted by Crippen LogP contribution is -2.72. The smallest absolute Gasteiger partial charge is 0.365 e. The van der Waals surface area contributed by atoms with Crippen LogP contribution in [0.25, 0.3) is 0 Å². The highest BCUT2D eigenvalue weighted by atomic mass is 28.5. The van der Waals surface area contributed by atoms with E-state index in [2.05, 4.69) is 4.65 Å². The van der Waals surface area contributed by atoms with Crippen molar-refractivity contribution in [1.82, 2.24) is 4.65 Å². The van der Waals surface area contributed by atoms with Gasteiger partial charge in [0.1, 0.15) is 0 Å². The van der Waals surface area contributed by atoms with Crippen LogP contribution in [0.1, 0.15) is 25.7 Å². The van der Waals surface area contributed by atoms with E-state index in [1.165, 1.54) is 28.4 Å². The molecule has 140 valence electrons. The number of nitrogens with two attached hydrogens (primary N) is 2. The molecule has 5 N–H and O–H groups in total. The third-order valence-electron chi connectivity index (χ3n) is 3.16. The van der Waals surface area contributed by atoms with Gasteiger partial charge in [-0.2, -0.15) is 0 Å². The highest BCUT2D eigenvalue weighted by molar-refractivity contribution is 6.75. The molecule has 0 aliphatic rings. The Morgan fingerprint density at radius 1 is 0.652 bits per heavy atom. The molecule has 0 aromatic carbocycles. The zero-order valence-corrected chi connectivity index (χ0v) is 16.8. The van der Waals surface area contributed by atoms with Crippen LogP contribution in [0, 0.1) is 0 Å². The van der Waals surface area contributed by atoms with Gasteiger partial charge in [-0.05, 0) is 38.8 Å². The third kappa shape index (κ3) is 8.65. The van der Waals surface area contributed by atoms with Crippen LogP contribution in [-0.2, 0) is 26.6 Å². The van der Waals surface area contributed by atoms with Crippen molar-refractivity contribution in [3.05, 3.63) is 0 Å². The topological polar surface area (TPSA) is 119 Å². The fourth-order valence-corrected chi connectivity index (χ4v) is 7.11. The average molecular weight is 372 g/mol. The number of nitrogens with one attached hydrogen (secondary N) is 1. The Morgan fingerprint density at radius 2 is 1.00 bits per heavy atom. The summed E-state index contributed by atoms with van der Waals surface area (Å²) in [6, 6.07) is 0. The summed E-state index contributed by atoms with van der Waals surface area (Å²) < 4.78 is 36.7. The SMILES string of the molecule is CO[Si](N[Si](OC)(OC)OCCCCN)(OC)OCCCCN. The molecule has 0 unspecified atom stereocenters. The van der Waals surface area contributed by atoms with Gasteiger partial charge in [-0.15, -0.1) is 0 Å². The lowest BCUT2D eigenvalue weighted by Gasteiger charge is -2.34. The molecule has 9 nitrogen and oxygen atoms in total. The maximum Gasteiger partial charge on any atom is 0.594 e. The quantitative estimate of drug-likeness (QED) is 0.245. The van der Waals surface area contributed by atoms with E-state index in [0.717, 1.165) is 25.7 Å². The molecule has 0 aliphatic carbocycles. The van der Waals surface area contributed by atoms with E-state index in [9.17, 15) is 0 Å². The summed E-state index contributed by atoms with van der Waals surface area (Å²) in [5.74, 6) is 0. The molecule has 0 aliphatic heterocycles. The van der Waals surface area contributed by atoms with Gasteiger partial charge in [-0.1, -0.05) is 0 Å². The van der Waals surface area contributed by atoms with Crippen molar-refractivity contribution in [3.63, 3.8) is 0 Å². The minimum atomic E-state index is -3.17. The maximum absolute atomic E-state index is 5.82. The largest absolute Gasteiger partial charge is 0.594 e. The predicted molar refractivity (Wildman–Crippen MR) is 91.2 cm³/mol. The van der Waals surface area contributed by atoms with Crippen LogP contribution in [-0.4, -0.2) is 72.7 Å². The maximum atomic E-state index is 5.82. The van der Waals surface area contributed by atoms with Crippen molar-refractivity contribution in [3.8, 4) is 0 Å². The molecular formula is C12H33N3O6Si2. The molecule has 0 atom stereocenters. The Labute approximate surface area is 141 Å². The van der Waals surface area contributed by atoms with Crippen LogP contribution in [0.5, 0.6) is 0 Å². The summed E-state index contributed by atoms with van der Waals surface area (Å²) in [7, 11) is -0.263. The van der Waals surface area contributed by atoms with Crippen molar-refractivity contribution in [1.29, 1.82) is 0 Å². The van der Waals surface area contributed by atoms with Crippen molar-refractivity contribution in [2.75, 3.05) is 54.7 Å². The number of rotatable bonds is 16. The molecule has 11 heteroatoms. The predicted octanol–water partition coefficient (Wildman–Crippen LogP) is -0.456. The van der Waals surface area contributed by atoms with Crippen LogP contribution in [0.15, 0.2) is 0 Å². The molecule has 0 heterocycles. The molecule has 0 aromatic rings. The minimum Gasteiger partial charge on any atom is -0.365 e. The van der Waals surface area contributed by atoms with Crippen molar-refractivity contribution < 1.29 is 26.6 Å². The molecule has 0 saturated heterocycles. The summed E-state index contributed by atoms with van der Waals surface area (Å²) in [5, 5.41) is 0. The summed E-state index contributed by atoms with van der Waals surface area (Å²) in [6.45, 7) is 2.15. The van der Waals surface area contributed by atoms with Gasteiger partial charge in [-0.3, -0.25) is 0 Å². The van der Waals surface area contributed by atoms with E-state index in [1.54, 1.807) is 0 Å². The van der Waals surface area contributed by atoms with Crippen LogP contribution in [0.3, 0.4) is 0 Å². The molecule has 0 amide bonds. The Bertz CT molecular complexity index is 258. The second-order valence-corrected chi connectivity index (χ2v) is 10.2. The second kappa shape index (κ2) is 13.4. The van der Waals surface area contributed by atoms with Gasteiger partial charge in [-0.25, -0.2) is 4.65 Å². The molecular weight excluding hydrogens is 338 g/mol. The zero-order valence-electron chi connectivity index (χ0n) is 14.8. The zero-order chi connectivity index (χ0) is 17.6. The van der Waals surface area contributed by atoms with Gasteiger partial charge in [0.2, 0.25) is 0 Å².